The molecule has 150 valence electrons. The molecule has 0 amide bonds. The van der Waals surface area contributed by atoms with E-state index in [9.17, 15) is 0 Å². The lowest BCUT2D eigenvalue weighted by molar-refractivity contribution is 0.152. The summed E-state index contributed by atoms with van der Waals surface area (Å²) in [7, 11) is 0. The molecular weight excluding hydrogens is 320 g/mol. The third-order valence-corrected chi connectivity index (χ3v) is 8.16. The first kappa shape index (κ1) is 19.2. The Kier molecular flexibility index (Phi) is 5.67. The summed E-state index contributed by atoms with van der Waals surface area (Å²) < 4.78 is 0. The zero-order chi connectivity index (χ0) is 18.4. The molecule has 26 heavy (non-hydrogen) atoms. The van der Waals surface area contributed by atoms with Gasteiger partial charge in [-0.2, -0.15) is 0 Å². The van der Waals surface area contributed by atoms with E-state index in [-0.39, 0.29) is 0 Å². The van der Waals surface area contributed by atoms with E-state index in [0.717, 1.165) is 30.0 Å². The summed E-state index contributed by atoms with van der Waals surface area (Å²) in [5.41, 5.74) is 0. The van der Waals surface area contributed by atoms with Crippen molar-refractivity contribution in [2.75, 3.05) is 45.8 Å². The van der Waals surface area contributed by atoms with Gasteiger partial charge in [-0.3, -0.25) is 19.6 Å². The molecule has 4 nitrogen and oxygen atoms in total. The number of hydrogen-bond donors (Lipinski definition) is 0. The first-order valence-electron chi connectivity index (χ1n) is 11.4. The number of fused-ring (bicyclic) bond motifs is 2. The highest BCUT2D eigenvalue weighted by molar-refractivity contribution is 4.99. The maximum atomic E-state index is 2.83. The molecule has 0 aromatic heterocycles. The minimum atomic E-state index is 0.716. The van der Waals surface area contributed by atoms with Gasteiger partial charge in [0.25, 0.3) is 0 Å². The fourth-order valence-corrected chi connectivity index (χ4v) is 6.34. The highest BCUT2D eigenvalue weighted by atomic mass is 15.3. The van der Waals surface area contributed by atoms with Crippen LogP contribution >= 0.6 is 0 Å². The van der Waals surface area contributed by atoms with Gasteiger partial charge in [-0.25, -0.2) is 0 Å². The van der Waals surface area contributed by atoms with E-state index in [4.69, 9.17) is 0 Å². The largest absolute Gasteiger partial charge is 0.299 e. The van der Waals surface area contributed by atoms with Crippen LogP contribution in [0.1, 0.15) is 53.9 Å². The van der Waals surface area contributed by atoms with Crippen molar-refractivity contribution in [1.29, 1.82) is 0 Å². The average Bonchev–Trinajstić information content (AvgIpc) is 3.31. The van der Waals surface area contributed by atoms with Gasteiger partial charge in [-0.1, -0.05) is 0 Å². The molecule has 5 atom stereocenters. The first-order chi connectivity index (χ1) is 12.4. The molecule has 5 unspecified atom stereocenters. The maximum absolute atomic E-state index is 2.83. The second-order valence-electron chi connectivity index (χ2n) is 10.2. The molecule has 4 aliphatic rings. The molecule has 0 bridgehead atoms. The lowest BCUT2D eigenvalue weighted by Crippen LogP contribution is -2.42. The lowest BCUT2D eigenvalue weighted by atomic mass is 10.0. The Labute approximate surface area is 161 Å². The van der Waals surface area contributed by atoms with Gasteiger partial charge >= 0.3 is 0 Å². The van der Waals surface area contributed by atoms with Crippen LogP contribution in [-0.2, 0) is 0 Å². The zero-order valence-corrected chi connectivity index (χ0v) is 17.9. The van der Waals surface area contributed by atoms with Crippen LogP contribution in [0.5, 0.6) is 0 Å². The van der Waals surface area contributed by atoms with E-state index in [2.05, 4.69) is 54.2 Å². The van der Waals surface area contributed by atoms with Crippen molar-refractivity contribution >= 4 is 0 Å². The van der Waals surface area contributed by atoms with Crippen molar-refractivity contribution in [1.82, 2.24) is 19.6 Å². The Morgan fingerprint density at radius 1 is 0.731 bits per heavy atom. The van der Waals surface area contributed by atoms with E-state index in [1.165, 1.54) is 65.1 Å². The van der Waals surface area contributed by atoms with Gasteiger partial charge in [0.05, 0.1) is 0 Å². The van der Waals surface area contributed by atoms with Crippen LogP contribution in [0.2, 0.25) is 0 Å². The molecule has 4 fully saturated rings. The Morgan fingerprint density at radius 3 is 2.12 bits per heavy atom. The van der Waals surface area contributed by atoms with Crippen molar-refractivity contribution in [2.45, 2.75) is 84.1 Å². The Morgan fingerprint density at radius 2 is 1.38 bits per heavy atom. The second kappa shape index (κ2) is 7.69. The molecular formula is C22H42N4. The lowest BCUT2D eigenvalue weighted by Gasteiger charge is -2.32. The fraction of sp³-hybridized carbons (Fsp3) is 1.00. The molecule has 4 heterocycles. The maximum Gasteiger partial charge on any atom is 0.0266 e. The van der Waals surface area contributed by atoms with Crippen LogP contribution in [0, 0.1) is 11.8 Å². The Hall–Kier alpha value is -0.160. The average molecular weight is 363 g/mol. The molecule has 0 aliphatic carbocycles. The van der Waals surface area contributed by atoms with Crippen molar-refractivity contribution in [3.05, 3.63) is 0 Å². The molecule has 0 saturated carbocycles. The summed E-state index contributed by atoms with van der Waals surface area (Å²) in [6.07, 6.45) is 4.21. The molecule has 4 rings (SSSR count). The van der Waals surface area contributed by atoms with Gasteiger partial charge in [0, 0.05) is 56.4 Å². The minimum Gasteiger partial charge on any atom is -0.299 e. The van der Waals surface area contributed by atoms with E-state index in [1.807, 2.05) is 0 Å². The predicted octanol–water partition coefficient (Wildman–Crippen LogP) is 2.59. The molecule has 0 N–H and O–H groups in total. The standard InChI is InChI=1S/C22H42N4/c1-16(2)24-12-19-7-10-23(21(19)14-24)9-6-18(5)25-13-20-8-11-26(17(3)4)22(20)15-25/h16-22H,6-15H2,1-5H3. The molecule has 0 aromatic carbocycles. The smallest absolute Gasteiger partial charge is 0.0266 e. The highest BCUT2D eigenvalue weighted by Crippen LogP contribution is 2.35. The van der Waals surface area contributed by atoms with Crippen LogP contribution in [0.25, 0.3) is 0 Å². The third kappa shape index (κ3) is 3.59. The molecule has 0 spiro atoms. The minimum absolute atomic E-state index is 0.716. The quantitative estimate of drug-likeness (QED) is 0.720. The van der Waals surface area contributed by atoms with Gasteiger partial charge in [0.2, 0.25) is 0 Å². The number of nitrogens with zero attached hydrogens (tertiary/aromatic N) is 4. The Bertz CT molecular complexity index is 479. The monoisotopic (exact) mass is 362 g/mol. The second-order valence-corrected chi connectivity index (χ2v) is 10.2. The third-order valence-electron chi connectivity index (χ3n) is 8.16. The van der Waals surface area contributed by atoms with Crippen LogP contribution in [-0.4, -0.2) is 95.6 Å². The van der Waals surface area contributed by atoms with Gasteiger partial charge in [-0.05, 0) is 85.4 Å². The predicted molar refractivity (Wildman–Crippen MR) is 110 cm³/mol. The van der Waals surface area contributed by atoms with E-state index < -0.39 is 0 Å². The topological polar surface area (TPSA) is 13.0 Å². The summed E-state index contributed by atoms with van der Waals surface area (Å²) >= 11 is 0. The fourth-order valence-electron chi connectivity index (χ4n) is 6.34. The van der Waals surface area contributed by atoms with Crippen LogP contribution < -0.4 is 0 Å². The number of rotatable bonds is 6. The molecule has 4 aliphatic heterocycles. The van der Waals surface area contributed by atoms with Gasteiger partial charge in [0.1, 0.15) is 0 Å². The molecule has 4 saturated heterocycles. The summed E-state index contributed by atoms with van der Waals surface area (Å²) in [6, 6.07) is 3.86. The van der Waals surface area contributed by atoms with E-state index in [1.54, 1.807) is 0 Å². The van der Waals surface area contributed by atoms with Crippen LogP contribution in [0.4, 0.5) is 0 Å². The zero-order valence-electron chi connectivity index (χ0n) is 17.9. The summed E-state index contributed by atoms with van der Waals surface area (Å²) in [4.78, 5) is 11.1. The SMILES string of the molecule is CC(C)N1CC2CCN(CCC(C)N3CC4CCN(C(C)C)C4C3)C2C1. The highest BCUT2D eigenvalue weighted by Gasteiger charge is 2.44. The summed E-state index contributed by atoms with van der Waals surface area (Å²) in [6.45, 7) is 21.3. The molecule has 0 aromatic rings. The van der Waals surface area contributed by atoms with Crippen LogP contribution in [0.15, 0.2) is 0 Å². The normalized spacial score (nSPS) is 38.0. The molecule has 0 radical (unpaired) electrons. The van der Waals surface area contributed by atoms with Gasteiger partial charge in [0.15, 0.2) is 0 Å². The number of likely N-dealkylation sites (tertiary alicyclic amines) is 4. The summed E-state index contributed by atoms with van der Waals surface area (Å²) in [5, 5.41) is 0. The van der Waals surface area contributed by atoms with Gasteiger partial charge < -0.3 is 0 Å². The van der Waals surface area contributed by atoms with Crippen molar-refractivity contribution < 1.29 is 0 Å². The van der Waals surface area contributed by atoms with Crippen molar-refractivity contribution in [2.24, 2.45) is 11.8 Å². The van der Waals surface area contributed by atoms with Crippen molar-refractivity contribution in [3.63, 3.8) is 0 Å². The molecule has 4 heteroatoms. The number of hydrogen-bond acceptors (Lipinski definition) is 4. The van der Waals surface area contributed by atoms with Crippen LogP contribution in [0.3, 0.4) is 0 Å². The van der Waals surface area contributed by atoms with E-state index in [0.29, 0.717) is 12.1 Å². The van der Waals surface area contributed by atoms with Gasteiger partial charge in [-0.15, -0.1) is 0 Å². The van der Waals surface area contributed by atoms with Crippen molar-refractivity contribution in [3.8, 4) is 0 Å². The summed E-state index contributed by atoms with van der Waals surface area (Å²) in [5.74, 6) is 1.88. The Balaban J connectivity index is 1.26. The van der Waals surface area contributed by atoms with E-state index >= 15 is 0 Å². The first-order valence-corrected chi connectivity index (χ1v) is 11.4.